The Kier molecular flexibility index (Phi) is 3.50. The van der Waals surface area contributed by atoms with Gasteiger partial charge in [-0.25, -0.2) is 8.42 Å². The Balaban J connectivity index is 2.04. The molecule has 2 aliphatic rings. The second kappa shape index (κ2) is 4.72. The topological polar surface area (TPSA) is 61.2 Å². The molecule has 0 aromatic heterocycles. The van der Waals surface area contributed by atoms with Gasteiger partial charge in [-0.3, -0.25) is 4.90 Å². The van der Waals surface area contributed by atoms with Crippen molar-refractivity contribution in [3.63, 3.8) is 0 Å². The Labute approximate surface area is 97.2 Å². The molecule has 5 heteroatoms. The van der Waals surface area contributed by atoms with Crippen molar-refractivity contribution in [3.05, 3.63) is 0 Å². The van der Waals surface area contributed by atoms with E-state index in [9.17, 15) is 8.42 Å². The van der Waals surface area contributed by atoms with Crippen molar-refractivity contribution in [2.45, 2.75) is 44.2 Å². The average Bonchev–Trinajstić information content (AvgIpc) is 2.60. The third kappa shape index (κ3) is 2.55. The Morgan fingerprint density at radius 1 is 1.31 bits per heavy atom. The summed E-state index contributed by atoms with van der Waals surface area (Å²) in [4.78, 5) is 2.28. The molecule has 90 valence electrons. The smallest absolute Gasteiger partial charge is 0.151 e. The lowest BCUT2D eigenvalue weighted by Gasteiger charge is -2.38. The maximum absolute atomic E-state index is 11.5. The van der Waals surface area contributed by atoms with Gasteiger partial charge in [-0.15, -0.1) is 0 Å². The van der Waals surface area contributed by atoms with Crippen LogP contribution in [-0.2, 0) is 9.84 Å². The third-order valence-electron chi connectivity index (χ3n) is 3.68. The summed E-state index contributed by atoms with van der Waals surface area (Å²) in [6.07, 6.45) is 4.64. The van der Waals surface area contributed by atoms with Crippen molar-refractivity contribution in [3.8, 4) is 6.07 Å². The highest BCUT2D eigenvalue weighted by Gasteiger charge is 2.36. The minimum atomic E-state index is -2.81. The number of nitriles is 1. The normalized spacial score (nSPS) is 34.7. The van der Waals surface area contributed by atoms with Crippen LogP contribution >= 0.6 is 0 Å². The quantitative estimate of drug-likeness (QED) is 0.723. The second-order valence-electron chi connectivity index (χ2n) is 4.81. The summed E-state index contributed by atoms with van der Waals surface area (Å²) in [5.74, 6) is 0.627. The maximum atomic E-state index is 11.5. The molecule has 0 bridgehead atoms. The number of piperidine rings is 1. The van der Waals surface area contributed by atoms with Gasteiger partial charge in [-0.2, -0.15) is 5.26 Å². The summed E-state index contributed by atoms with van der Waals surface area (Å²) in [7, 11) is -2.81. The van der Waals surface area contributed by atoms with Crippen LogP contribution in [0.1, 0.15) is 32.1 Å². The summed E-state index contributed by atoms with van der Waals surface area (Å²) >= 11 is 0. The molecule has 4 nitrogen and oxygen atoms in total. The molecule has 0 aromatic carbocycles. The van der Waals surface area contributed by atoms with Crippen molar-refractivity contribution >= 4 is 9.84 Å². The van der Waals surface area contributed by atoms with Gasteiger partial charge in [0.1, 0.15) is 0 Å². The molecule has 2 atom stereocenters. The average molecular weight is 242 g/mol. The molecule has 0 aliphatic carbocycles. The Hall–Kier alpha value is -0.600. The van der Waals surface area contributed by atoms with E-state index in [1.807, 2.05) is 0 Å². The largest absolute Gasteiger partial charge is 0.295 e. The van der Waals surface area contributed by atoms with Crippen molar-refractivity contribution in [1.29, 1.82) is 5.26 Å². The third-order valence-corrected chi connectivity index (χ3v) is 5.43. The predicted octanol–water partition coefficient (Wildman–Crippen LogP) is 0.942. The fraction of sp³-hybridized carbons (Fsp3) is 0.909. The molecule has 0 amide bonds. The zero-order valence-electron chi connectivity index (χ0n) is 9.43. The van der Waals surface area contributed by atoms with E-state index in [4.69, 9.17) is 5.26 Å². The van der Waals surface area contributed by atoms with Crippen molar-refractivity contribution in [2.24, 2.45) is 0 Å². The van der Waals surface area contributed by atoms with Gasteiger partial charge in [0.05, 0.1) is 24.0 Å². The van der Waals surface area contributed by atoms with Gasteiger partial charge < -0.3 is 0 Å². The van der Waals surface area contributed by atoms with E-state index in [1.165, 1.54) is 6.42 Å². The second-order valence-corrected chi connectivity index (χ2v) is 7.04. The molecule has 2 heterocycles. The standard InChI is InChI=1S/C11H18N2O2S/c12-6-4-10-3-1-2-7-13(10)11-5-8-16(14,15)9-11/h10-11H,1-5,7-9H2. The number of likely N-dealkylation sites (tertiary alicyclic amines) is 1. The fourth-order valence-corrected chi connectivity index (χ4v) is 4.61. The Bertz CT molecular complexity index is 385. The van der Waals surface area contributed by atoms with Crippen LogP contribution in [0.25, 0.3) is 0 Å². The van der Waals surface area contributed by atoms with Gasteiger partial charge in [0.2, 0.25) is 0 Å². The number of sulfone groups is 1. The zero-order valence-corrected chi connectivity index (χ0v) is 10.2. The van der Waals surface area contributed by atoms with Crippen LogP contribution in [0.4, 0.5) is 0 Å². The summed E-state index contributed by atoms with van der Waals surface area (Å²) in [6.45, 7) is 0.965. The van der Waals surface area contributed by atoms with Gasteiger partial charge >= 0.3 is 0 Å². The number of hydrogen-bond donors (Lipinski definition) is 0. The molecule has 2 aliphatic heterocycles. The maximum Gasteiger partial charge on any atom is 0.151 e. The molecule has 0 spiro atoms. The summed E-state index contributed by atoms with van der Waals surface area (Å²) in [6, 6.07) is 2.68. The number of nitrogens with zero attached hydrogens (tertiary/aromatic N) is 2. The molecule has 16 heavy (non-hydrogen) atoms. The van der Waals surface area contributed by atoms with Crippen LogP contribution in [0, 0.1) is 11.3 Å². The highest BCUT2D eigenvalue weighted by atomic mass is 32.2. The first kappa shape index (κ1) is 11.9. The molecule has 2 saturated heterocycles. The van der Waals surface area contributed by atoms with E-state index in [2.05, 4.69) is 11.0 Å². The van der Waals surface area contributed by atoms with Crippen molar-refractivity contribution < 1.29 is 8.42 Å². The van der Waals surface area contributed by atoms with Crippen molar-refractivity contribution in [2.75, 3.05) is 18.1 Å². The molecule has 2 rings (SSSR count). The zero-order chi connectivity index (χ0) is 11.6. The molecule has 2 fully saturated rings. The monoisotopic (exact) mass is 242 g/mol. The SMILES string of the molecule is N#CCC1CCCCN1C1CCS(=O)(=O)C1. The highest BCUT2D eigenvalue weighted by molar-refractivity contribution is 7.91. The van der Waals surface area contributed by atoms with E-state index in [-0.39, 0.29) is 12.1 Å². The van der Waals surface area contributed by atoms with Crippen LogP contribution in [0.2, 0.25) is 0 Å². The highest BCUT2D eigenvalue weighted by Crippen LogP contribution is 2.27. The van der Waals surface area contributed by atoms with Gasteiger partial charge in [-0.1, -0.05) is 6.42 Å². The van der Waals surface area contributed by atoms with Crippen LogP contribution in [0.15, 0.2) is 0 Å². The van der Waals surface area contributed by atoms with Crippen LogP contribution in [0.5, 0.6) is 0 Å². The molecule has 0 saturated carbocycles. The van der Waals surface area contributed by atoms with E-state index in [0.29, 0.717) is 17.9 Å². The molecular formula is C11H18N2O2S. The van der Waals surface area contributed by atoms with Gasteiger partial charge in [0, 0.05) is 12.1 Å². The minimum absolute atomic E-state index is 0.170. The summed E-state index contributed by atoms with van der Waals surface area (Å²) in [5.41, 5.74) is 0. The minimum Gasteiger partial charge on any atom is -0.295 e. The molecular weight excluding hydrogens is 224 g/mol. The first-order chi connectivity index (χ1) is 7.62. The van der Waals surface area contributed by atoms with E-state index in [1.54, 1.807) is 0 Å². The van der Waals surface area contributed by atoms with E-state index >= 15 is 0 Å². The summed E-state index contributed by atoms with van der Waals surface area (Å²) < 4.78 is 22.9. The fourth-order valence-electron chi connectivity index (χ4n) is 2.87. The lowest BCUT2D eigenvalue weighted by Crippen LogP contribution is -2.46. The first-order valence-corrected chi connectivity index (χ1v) is 7.77. The van der Waals surface area contributed by atoms with Crippen molar-refractivity contribution in [1.82, 2.24) is 4.90 Å². The number of rotatable bonds is 2. The first-order valence-electron chi connectivity index (χ1n) is 5.95. The Morgan fingerprint density at radius 3 is 2.75 bits per heavy atom. The molecule has 0 aromatic rings. The van der Waals surface area contributed by atoms with Gasteiger partial charge in [0.25, 0.3) is 0 Å². The lowest BCUT2D eigenvalue weighted by molar-refractivity contribution is 0.108. The summed E-state index contributed by atoms with van der Waals surface area (Å²) in [5, 5.41) is 8.79. The number of hydrogen-bond acceptors (Lipinski definition) is 4. The van der Waals surface area contributed by atoms with E-state index < -0.39 is 9.84 Å². The van der Waals surface area contributed by atoms with Crippen LogP contribution in [0.3, 0.4) is 0 Å². The van der Waals surface area contributed by atoms with Crippen LogP contribution in [-0.4, -0.2) is 43.5 Å². The Morgan fingerprint density at radius 2 is 2.12 bits per heavy atom. The van der Waals surface area contributed by atoms with Crippen LogP contribution < -0.4 is 0 Å². The molecule has 0 N–H and O–H groups in total. The van der Waals surface area contributed by atoms with Gasteiger partial charge in [0.15, 0.2) is 9.84 Å². The predicted molar refractivity (Wildman–Crippen MR) is 61.6 cm³/mol. The van der Waals surface area contributed by atoms with Gasteiger partial charge in [-0.05, 0) is 25.8 Å². The lowest BCUT2D eigenvalue weighted by atomic mass is 9.97. The van der Waals surface area contributed by atoms with E-state index in [0.717, 1.165) is 25.8 Å². The molecule has 2 unspecified atom stereocenters. The molecule has 0 radical (unpaired) electrons.